The van der Waals surface area contributed by atoms with Crippen molar-refractivity contribution in [3.8, 4) is 0 Å². The standard InChI is InChI=1S/C11H15N3O3S/c1-7-12-4-9(18-7)5-13-11(17)14(6-10(15)16)8-2-3-8/h4,8H,2-3,5-6H2,1H3,(H,13,17)(H,15,16). The molecule has 1 fully saturated rings. The Morgan fingerprint density at radius 1 is 1.61 bits per heavy atom. The van der Waals surface area contributed by atoms with Gasteiger partial charge in [0, 0.05) is 17.1 Å². The molecule has 0 spiro atoms. The monoisotopic (exact) mass is 269 g/mol. The molecule has 0 unspecified atom stereocenters. The number of carbonyl (C=O) groups is 2. The summed E-state index contributed by atoms with van der Waals surface area (Å²) in [6, 6.07) is -0.227. The van der Waals surface area contributed by atoms with Gasteiger partial charge in [0.1, 0.15) is 6.54 Å². The summed E-state index contributed by atoms with van der Waals surface area (Å²) in [5, 5.41) is 12.4. The van der Waals surface area contributed by atoms with E-state index in [0.29, 0.717) is 6.54 Å². The first kappa shape index (κ1) is 12.8. The van der Waals surface area contributed by atoms with Crippen LogP contribution in [-0.4, -0.2) is 39.6 Å². The van der Waals surface area contributed by atoms with Crippen molar-refractivity contribution < 1.29 is 14.7 Å². The van der Waals surface area contributed by atoms with Gasteiger partial charge in [0.05, 0.1) is 11.6 Å². The lowest BCUT2D eigenvalue weighted by Gasteiger charge is -2.20. The average molecular weight is 269 g/mol. The van der Waals surface area contributed by atoms with E-state index in [1.165, 1.54) is 16.2 Å². The number of carboxylic acid groups (broad SMARTS) is 1. The van der Waals surface area contributed by atoms with Crippen LogP contribution in [0.4, 0.5) is 4.79 Å². The van der Waals surface area contributed by atoms with Crippen LogP contribution in [0.25, 0.3) is 0 Å². The Bertz CT molecular complexity index is 456. The molecule has 6 nitrogen and oxygen atoms in total. The fourth-order valence-electron chi connectivity index (χ4n) is 1.65. The third-order valence-electron chi connectivity index (χ3n) is 2.64. The normalized spacial score (nSPS) is 14.3. The molecule has 0 aliphatic heterocycles. The van der Waals surface area contributed by atoms with E-state index in [4.69, 9.17) is 5.11 Å². The van der Waals surface area contributed by atoms with Gasteiger partial charge in [-0.25, -0.2) is 9.78 Å². The number of aromatic nitrogens is 1. The number of hydrogen-bond acceptors (Lipinski definition) is 4. The highest BCUT2D eigenvalue weighted by Crippen LogP contribution is 2.26. The SMILES string of the molecule is Cc1ncc(CNC(=O)N(CC(=O)O)C2CC2)s1. The van der Waals surface area contributed by atoms with Crippen LogP contribution in [-0.2, 0) is 11.3 Å². The number of carbonyl (C=O) groups excluding carboxylic acids is 1. The van der Waals surface area contributed by atoms with Gasteiger partial charge >= 0.3 is 12.0 Å². The molecular formula is C11H15N3O3S. The molecule has 0 bridgehead atoms. The molecule has 2 amide bonds. The molecule has 1 saturated carbocycles. The van der Waals surface area contributed by atoms with Gasteiger partial charge in [-0.1, -0.05) is 0 Å². The predicted molar refractivity (Wildman–Crippen MR) is 66.5 cm³/mol. The number of nitrogens with one attached hydrogen (secondary N) is 1. The smallest absolute Gasteiger partial charge is 0.323 e. The van der Waals surface area contributed by atoms with Crippen molar-refractivity contribution >= 4 is 23.3 Å². The second-order valence-electron chi connectivity index (χ2n) is 4.26. The van der Waals surface area contributed by atoms with Crippen molar-refractivity contribution in [3.05, 3.63) is 16.1 Å². The number of carboxylic acids is 1. The highest BCUT2D eigenvalue weighted by Gasteiger charge is 2.33. The zero-order valence-electron chi connectivity index (χ0n) is 10.0. The van der Waals surface area contributed by atoms with E-state index in [2.05, 4.69) is 10.3 Å². The maximum absolute atomic E-state index is 11.9. The van der Waals surface area contributed by atoms with Crippen LogP contribution in [0.5, 0.6) is 0 Å². The number of hydrogen-bond donors (Lipinski definition) is 2. The summed E-state index contributed by atoms with van der Waals surface area (Å²) in [5.74, 6) is -0.981. The van der Waals surface area contributed by atoms with E-state index >= 15 is 0 Å². The van der Waals surface area contributed by atoms with Gasteiger partial charge in [-0.3, -0.25) is 4.79 Å². The first-order valence-electron chi connectivity index (χ1n) is 5.74. The third kappa shape index (κ3) is 3.43. The molecule has 0 aromatic carbocycles. The third-order valence-corrected chi connectivity index (χ3v) is 3.55. The second kappa shape index (κ2) is 5.34. The molecule has 0 atom stereocenters. The Morgan fingerprint density at radius 2 is 2.33 bits per heavy atom. The predicted octanol–water partition coefficient (Wildman–Crippen LogP) is 1.21. The lowest BCUT2D eigenvalue weighted by Crippen LogP contribution is -2.43. The largest absolute Gasteiger partial charge is 0.480 e. The Hall–Kier alpha value is -1.63. The van der Waals surface area contributed by atoms with E-state index in [1.54, 1.807) is 6.20 Å². The lowest BCUT2D eigenvalue weighted by atomic mass is 10.4. The number of aliphatic carboxylic acids is 1. The Kier molecular flexibility index (Phi) is 3.81. The molecule has 0 radical (unpaired) electrons. The molecule has 1 heterocycles. The average Bonchev–Trinajstić information content (AvgIpc) is 3.06. The molecule has 1 aliphatic carbocycles. The first-order chi connectivity index (χ1) is 8.56. The van der Waals surface area contributed by atoms with Crippen LogP contribution in [0.15, 0.2) is 6.20 Å². The summed E-state index contributed by atoms with van der Waals surface area (Å²) in [7, 11) is 0. The molecule has 98 valence electrons. The van der Waals surface area contributed by atoms with Crippen LogP contribution in [0.2, 0.25) is 0 Å². The zero-order chi connectivity index (χ0) is 13.1. The number of rotatable bonds is 5. The highest BCUT2D eigenvalue weighted by molar-refractivity contribution is 7.11. The summed E-state index contributed by atoms with van der Waals surface area (Å²) in [5.41, 5.74) is 0. The highest BCUT2D eigenvalue weighted by atomic mass is 32.1. The van der Waals surface area contributed by atoms with Crippen molar-refractivity contribution in [2.45, 2.75) is 32.4 Å². The molecule has 2 rings (SSSR count). The molecular weight excluding hydrogens is 254 g/mol. The van der Waals surface area contributed by atoms with Crippen LogP contribution < -0.4 is 5.32 Å². The molecule has 18 heavy (non-hydrogen) atoms. The topological polar surface area (TPSA) is 82.5 Å². The fourth-order valence-corrected chi connectivity index (χ4v) is 2.38. The van der Waals surface area contributed by atoms with E-state index in [-0.39, 0.29) is 18.6 Å². The van der Waals surface area contributed by atoms with E-state index in [0.717, 1.165) is 22.7 Å². The number of aryl methyl sites for hydroxylation is 1. The van der Waals surface area contributed by atoms with Crippen LogP contribution in [0, 0.1) is 6.92 Å². The van der Waals surface area contributed by atoms with Crippen molar-refractivity contribution in [2.75, 3.05) is 6.54 Å². The molecule has 0 saturated heterocycles. The van der Waals surface area contributed by atoms with Gasteiger partial charge in [-0.05, 0) is 19.8 Å². The van der Waals surface area contributed by atoms with Gasteiger partial charge in [-0.15, -0.1) is 11.3 Å². The molecule has 2 N–H and O–H groups in total. The van der Waals surface area contributed by atoms with E-state index < -0.39 is 5.97 Å². The van der Waals surface area contributed by atoms with Crippen LogP contribution >= 0.6 is 11.3 Å². The summed E-state index contributed by atoms with van der Waals surface area (Å²) >= 11 is 1.52. The zero-order valence-corrected chi connectivity index (χ0v) is 10.9. The van der Waals surface area contributed by atoms with Crippen LogP contribution in [0.1, 0.15) is 22.7 Å². The van der Waals surface area contributed by atoms with E-state index in [9.17, 15) is 9.59 Å². The number of nitrogens with zero attached hydrogens (tertiary/aromatic N) is 2. The van der Waals surface area contributed by atoms with Crippen molar-refractivity contribution in [3.63, 3.8) is 0 Å². The Labute approximate surface area is 109 Å². The number of amides is 2. The van der Waals surface area contributed by atoms with Gasteiger partial charge in [0.15, 0.2) is 0 Å². The number of thiazole rings is 1. The molecule has 1 aromatic heterocycles. The number of urea groups is 1. The molecule has 7 heteroatoms. The Morgan fingerprint density at radius 3 is 2.83 bits per heavy atom. The van der Waals surface area contributed by atoms with Gasteiger partial charge in [-0.2, -0.15) is 0 Å². The minimum atomic E-state index is -0.981. The quantitative estimate of drug-likeness (QED) is 0.841. The minimum absolute atomic E-state index is 0.0873. The minimum Gasteiger partial charge on any atom is -0.480 e. The van der Waals surface area contributed by atoms with Gasteiger partial charge < -0.3 is 15.3 Å². The van der Waals surface area contributed by atoms with Gasteiger partial charge in [0.2, 0.25) is 0 Å². The van der Waals surface area contributed by atoms with Crippen LogP contribution in [0.3, 0.4) is 0 Å². The summed E-state index contributed by atoms with van der Waals surface area (Å²) in [6.07, 6.45) is 3.50. The summed E-state index contributed by atoms with van der Waals surface area (Å²) in [6.45, 7) is 2.06. The first-order valence-corrected chi connectivity index (χ1v) is 6.55. The van der Waals surface area contributed by atoms with Gasteiger partial charge in [0.25, 0.3) is 0 Å². The van der Waals surface area contributed by atoms with Crippen molar-refractivity contribution in [1.29, 1.82) is 0 Å². The summed E-state index contributed by atoms with van der Waals surface area (Å²) in [4.78, 5) is 29.0. The molecule has 1 aliphatic rings. The van der Waals surface area contributed by atoms with Crippen molar-refractivity contribution in [1.82, 2.24) is 15.2 Å². The maximum atomic E-state index is 11.9. The maximum Gasteiger partial charge on any atom is 0.323 e. The Balaban J connectivity index is 1.87. The lowest BCUT2D eigenvalue weighted by molar-refractivity contribution is -0.137. The molecule has 1 aromatic rings. The fraction of sp³-hybridized carbons (Fsp3) is 0.545. The summed E-state index contributed by atoms with van der Waals surface area (Å²) < 4.78 is 0. The second-order valence-corrected chi connectivity index (χ2v) is 5.58. The van der Waals surface area contributed by atoms with Crippen molar-refractivity contribution in [2.24, 2.45) is 0 Å². The van der Waals surface area contributed by atoms with E-state index in [1.807, 2.05) is 6.92 Å².